The number of amides is 1. The number of nitrogens with zero attached hydrogens (tertiary/aromatic N) is 2. The van der Waals surface area contributed by atoms with Gasteiger partial charge in [0.1, 0.15) is 6.10 Å². The third kappa shape index (κ3) is 5.27. The Hall–Kier alpha value is -0.810. The van der Waals surface area contributed by atoms with E-state index in [1.807, 2.05) is 25.7 Å². The predicted octanol–water partition coefficient (Wildman–Crippen LogP) is 5.50. The topological polar surface area (TPSA) is 101 Å². The van der Waals surface area contributed by atoms with E-state index >= 15 is 0 Å². The summed E-state index contributed by atoms with van der Waals surface area (Å²) in [4.78, 5) is 16.1. The number of likely N-dealkylation sites (tertiary alicyclic amines) is 1. The minimum atomic E-state index is -1.02. The lowest BCUT2D eigenvalue weighted by atomic mass is 9.41. The zero-order chi connectivity index (χ0) is 36.5. The van der Waals surface area contributed by atoms with Crippen LogP contribution in [0, 0.1) is 56.7 Å². The molecule has 51 heavy (non-hydrogen) atoms. The molecule has 0 radical (unpaired) electrons. The van der Waals surface area contributed by atoms with Crippen LogP contribution in [0.3, 0.4) is 0 Å². The van der Waals surface area contributed by atoms with Crippen molar-refractivity contribution in [2.75, 3.05) is 45.9 Å². The lowest BCUT2D eigenvalue weighted by molar-refractivity contribution is -0.249. The summed E-state index contributed by atoms with van der Waals surface area (Å²) in [7, 11) is 0. The smallest absolute Gasteiger partial charge is 0.219 e. The van der Waals surface area contributed by atoms with Crippen LogP contribution in [0.2, 0.25) is 0 Å². The van der Waals surface area contributed by atoms with Gasteiger partial charge in [0.15, 0.2) is 6.29 Å². The fourth-order valence-corrected chi connectivity index (χ4v) is 15.1. The Bertz CT molecular complexity index is 1350. The van der Waals surface area contributed by atoms with Crippen LogP contribution < -0.4 is 0 Å². The van der Waals surface area contributed by atoms with Gasteiger partial charge in [0, 0.05) is 57.6 Å². The van der Waals surface area contributed by atoms with Gasteiger partial charge in [-0.05, 0) is 117 Å². The summed E-state index contributed by atoms with van der Waals surface area (Å²) in [5.41, 5.74) is -0.554. The summed E-state index contributed by atoms with van der Waals surface area (Å²) in [5, 5.41) is 23.7. The second-order valence-electron chi connectivity index (χ2n) is 20.6. The lowest BCUT2D eigenvalue weighted by Gasteiger charge is -2.64. The Morgan fingerprint density at radius 3 is 2.41 bits per heavy atom. The van der Waals surface area contributed by atoms with Gasteiger partial charge in [0.25, 0.3) is 0 Å². The fraction of sp³-hybridized carbons (Fsp3) is 0.976. The Labute approximate surface area is 307 Å². The van der Waals surface area contributed by atoms with Crippen molar-refractivity contribution in [2.24, 2.45) is 56.7 Å². The molecule has 9 heteroatoms. The second kappa shape index (κ2) is 12.3. The van der Waals surface area contributed by atoms with Crippen molar-refractivity contribution in [2.45, 2.75) is 156 Å². The van der Waals surface area contributed by atoms with Gasteiger partial charge in [0.2, 0.25) is 5.91 Å². The van der Waals surface area contributed by atoms with Gasteiger partial charge in [-0.2, -0.15) is 0 Å². The number of ether oxygens (including phenoxy) is 4. The summed E-state index contributed by atoms with van der Waals surface area (Å²) in [6, 6.07) is 0. The maximum atomic E-state index is 12.6. The van der Waals surface area contributed by atoms with Gasteiger partial charge in [-0.25, -0.2) is 0 Å². The molecule has 3 aliphatic heterocycles. The lowest BCUT2D eigenvalue weighted by Crippen LogP contribution is -2.60. The van der Waals surface area contributed by atoms with Crippen LogP contribution in [0.15, 0.2) is 0 Å². The molecule has 2 N–H and O–H groups in total. The highest BCUT2D eigenvalue weighted by atomic mass is 16.7. The van der Waals surface area contributed by atoms with E-state index < -0.39 is 17.8 Å². The largest absolute Gasteiger partial charge is 0.390 e. The van der Waals surface area contributed by atoms with Gasteiger partial charge in [-0.1, -0.05) is 34.6 Å². The normalized spacial score (nSPS) is 49.9. The average molecular weight is 715 g/mol. The number of morpholine rings is 1. The van der Waals surface area contributed by atoms with Crippen molar-refractivity contribution in [3.05, 3.63) is 0 Å². The van der Waals surface area contributed by atoms with Crippen molar-refractivity contribution >= 4 is 5.91 Å². The third-order valence-electron chi connectivity index (χ3n) is 17.5. The molecule has 0 aromatic heterocycles. The molecule has 1 unspecified atom stereocenters. The molecule has 290 valence electrons. The first-order valence-corrected chi connectivity index (χ1v) is 20.9. The Morgan fingerprint density at radius 2 is 1.73 bits per heavy atom. The summed E-state index contributed by atoms with van der Waals surface area (Å²) in [5.74, 6) is 2.52. The van der Waals surface area contributed by atoms with E-state index in [4.69, 9.17) is 18.9 Å². The second-order valence-corrected chi connectivity index (χ2v) is 20.6. The molecule has 0 aromatic carbocycles. The highest BCUT2D eigenvalue weighted by Crippen LogP contribution is 2.89. The molecule has 14 atom stereocenters. The third-order valence-corrected chi connectivity index (χ3v) is 17.5. The summed E-state index contributed by atoms with van der Waals surface area (Å²) in [6.07, 6.45) is 7.82. The standard InChI is InChI=1S/C42H70N2O7/c1-10-48-36(38(6,7)47)28-19-25(2)33-34(50-28)35(46)40(9)30-12-11-29-37(4,5)31(13-14-41(29)24-42(30,41)16-15-39(33,40)8)51-32-23-43(17-18-49-32)20-27-21-44(22-27)26(3)45/h25,27-36,46-47H,10-24H2,1-9H3/t25-,28-,29+,30+,31+,32+,33+,34+,35+,36+,39-,40-,41?,42+/m1/s1. The number of carbonyl (C=O) groups excluding carboxylic acids is 1. The van der Waals surface area contributed by atoms with Gasteiger partial charge < -0.3 is 34.1 Å². The molecule has 3 heterocycles. The first-order chi connectivity index (χ1) is 23.9. The van der Waals surface area contributed by atoms with Crippen LogP contribution in [0.4, 0.5) is 0 Å². The average Bonchev–Trinajstić information content (AvgIpc) is 3.67. The van der Waals surface area contributed by atoms with Crippen molar-refractivity contribution in [1.82, 2.24) is 9.80 Å². The maximum absolute atomic E-state index is 12.6. The van der Waals surface area contributed by atoms with Crippen LogP contribution in [0.1, 0.15) is 114 Å². The highest BCUT2D eigenvalue weighted by Gasteiger charge is 2.84. The molecule has 3 saturated heterocycles. The molecule has 5 aliphatic carbocycles. The molecule has 8 rings (SSSR count). The van der Waals surface area contributed by atoms with Gasteiger partial charge in [0.05, 0.1) is 36.6 Å². The van der Waals surface area contributed by atoms with Crippen molar-refractivity contribution in [1.29, 1.82) is 0 Å². The van der Waals surface area contributed by atoms with E-state index in [-0.39, 0.29) is 46.8 Å². The minimum absolute atomic E-state index is 0.00765. The zero-order valence-electron chi connectivity index (χ0n) is 33.3. The molecule has 8 fully saturated rings. The summed E-state index contributed by atoms with van der Waals surface area (Å²) >= 11 is 0. The maximum Gasteiger partial charge on any atom is 0.219 e. The number of carbonyl (C=O) groups is 1. The number of aliphatic hydroxyl groups is 2. The summed E-state index contributed by atoms with van der Waals surface area (Å²) in [6.45, 7) is 25.4. The number of aliphatic hydroxyl groups excluding tert-OH is 1. The Balaban J connectivity index is 0.974. The molecule has 0 bridgehead atoms. The molecule has 0 aromatic rings. The summed E-state index contributed by atoms with van der Waals surface area (Å²) < 4.78 is 26.3. The van der Waals surface area contributed by atoms with E-state index in [1.165, 1.54) is 32.1 Å². The van der Waals surface area contributed by atoms with E-state index in [9.17, 15) is 15.0 Å². The molecule has 8 aliphatic rings. The van der Waals surface area contributed by atoms with Crippen molar-refractivity contribution in [3.8, 4) is 0 Å². The Morgan fingerprint density at radius 1 is 1.02 bits per heavy atom. The van der Waals surface area contributed by atoms with Crippen LogP contribution >= 0.6 is 0 Å². The SMILES string of the molecule is CCO[C@@H]([C@H]1C[C@@H](C)[C@H]2[C@H](O1)[C@H](O)[C@@]1(C)[C@@H]3CC[C@H]4C(C)(C)[C@@H](O[C@H]5CN(CC6CN(C(C)=O)C6)CCO5)CCC45C[C@@]35CC[C@]21C)C(C)(C)O. The number of hydrogen-bond donors (Lipinski definition) is 2. The van der Waals surface area contributed by atoms with Gasteiger partial charge >= 0.3 is 0 Å². The van der Waals surface area contributed by atoms with E-state index in [0.29, 0.717) is 53.6 Å². The van der Waals surface area contributed by atoms with Crippen LogP contribution in [-0.2, 0) is 23.7 Å². The van der Waals surface area contributed by atoms with Crippen molar-refractivity contribution < 1.29 is 34.0 Å². The van der Waals surface area contributed by atoms with E-state index in [1.54, 1.807) is 6.92 Å². The van der Waals surface area contributed by atoms with Crippen molar-refractivity contribution in [3.63, 3.8) is 0 Å². The number of rotatable bonds is 8. The van der Waals surface area contributed by atoms with Crippen LogP contribution in [0.5, 0.6) is 0 Å². The zero-order valence-corrected chi connectivity index (χ0v) is 33.3. The molecular weight excluding hydrogens is 644 g/mol. The van der Waals surface area contributed by atoms with Crippen LogP contribution in [-0.4, -0.2) is 114 Å². The van der Waals surface area contributed by atoms with E-state index in [2.05, 4.69) is 39.5 Å². The minimum Gasteiger partial charge on any atom is -0.390 e. The predicted molar refractivity (Wildman–Crippen MR) is 195 cm³/mol. The highest BCUT2D eigenvalue weighted by molar-refractivity contribution is 5.74. The van der Waals surface area contributed by atoms with Gasteiger partial charge in [-0.3, -0.25) is 9.69 Å². The number of hydrogen-bond acceptors (Lipinski definition) is 8. The molecule has 9 nitrogen and oxygen atoms in total. The van der Waals surface area contributed by atoms with E-state index in [0.717, 1.165) is 52.0 Å². The monoisotopic (exact) mass is 715 g/mol. The molecular formula is C42H70N2O7. The van der Waals surface area contributed by atoms with Crippen LogP contribution in [0.25, 0.3) is 0 Å². The Kier molecular flexibility index (Phi) is 8.99. The van der Waals surface area contributed by atoms with Gasteiger partial charge in [-0.15, -0.1) is 0 Å². The quantitative estimate of drug-likeness (QED) is 0.341. The first-order valence-electron chi connectivity index (χ1n) is 20.9. The first kappa shape index (κ1) is 37.1. The molecule has 1 amide bonds. The molecule has 5 saturated carbocycles. The fourth-order valence-electron chi connectivity index (χ4n) is 15.1. The molecule has 2 spiro atoms. The number of fused-ring (bicyclic) bond motifs is 4.